The molecule has 1 aromatic carbocycles. The van der Waals surface area contributed by atoms with Gasteiger partial charge in [-0.15, -0.1) is 10.2 Å². The molecule has 26 heavy (non-hydrogen) atoms. The summed E-state index contributed by atoms with van der Waals surface area (Å²) in [5.41, 5.74) is 2.87. The van der Waals surface area contributed by atoms with Crippen molar-refractivity contribution in [2.45, 2.75) is 19.9 Å². The van der Waals surface area contributed by atoms with Crippen LogP contribution in [0.25, 0.3) is 22.3 Å². The molecule has 1 aliphatic rings. The Balaban J connectivity index is 1.67. The van der Waals surface area contributed by atoms with E-state index in [-0.39, 0.29) is 17.6 Å². The van der Waals surface area contributed by atoms with Gasteiger partial charge in [0, 0.05) is 54.6 Å². The Morgan fingerprint density at radius 1 is 1.31 bits per heavy atom. The van der Waals surface area contributed by atoms with E-state index < -0.39 is 0 Å². The minimum atomic E-state index is 0.0931. The van der Waals surface area contributed by atoms with Crippen LogP contribution in [0, 0.1) is 12.8 Å². The third kappa shape index (κ3) is 2.90. The molecule has 4 rings (SSSR count). The molecule has 134 valence electrons. The van der Waals surface area contributed by atoms with Crippen LogP contribution in [0.5, 0.6) is 5.75 Å². The molecule has 0 spiro atoms. The number of hydrogen-bond acceptors (Lipinski definition) is 4. The first-order valence-electron chi connectivity index (χ1n) is 8.48. The number of halogens is 1. The molecule has 6 nitrogen and oxygen atoms in total. The first kappa shape index (κ1) is 16.8. The van der Waals surface area contributed by atoms with Crippen molar-refractivity contribution in [1.82, 2.24) is 19.7 Å². The van der Waals surface area contributed by atoms with Crippen molar-refractivity contribution < 1.29 is 9.90 Å². The second kappa shape index (κ2) is 6.29. The Morgan fingerprint density at radius 2 is 2.12 bits per heavy atom. The molecule has 0 radical (unpaired) electrons. The van der Waals surface area contributed by atoms with E-state index >= 15 is 0 Å². The number of aromatic hydroxyl groups is 1. The quantitative estimate of drug-likeness (QED) is 0.768. The van der Waals surface area contributed by atoms with Gasteiger partial charge in [-0.3, -0.25) is 4.79 Å². The molecule has 1 fully saturated rings. The zero-order valence-electron chi connectivity index (χ0n) is 14.6. The van der Waals surface area contributed by atoms with Crippen LogP contribution in [0.1, 0.15) is 12.0 Å². The summed E-state index contributed by atoms with van der Waals surface area (Å²) in [6, 6.07) is 7.20. The lowest BCUT2D eigenvalue weighted by Crippen LogP contribution is -2.20. The van der Waals surface area contributed by atoms with Crippen molar-refractivity contribution in [3.8, 4) is 17.0 Å². The van der Waals surface area contributed by atoms with Gasteiger partial charge in [-0.05, 0) is 36.8 Å². The van der Waals surface area contributed by atoms with Crippen molar-refractivity contribution >= 4 is 28.5 Å². The molecule has 0 saturated carbocycles. The highest BCUT2D eigenvalue weighted by atomic mass is 35.5. The summed E-state index contributed by atoms with van der Waals surface area (Å²) in [7, 11) is 1.84. The molecule has 0 bridgehead atoms. The summed E-state index contributed by atoms with van der Waals surface area (Å²) in [6.07, 6.45) is 2.54. The number of fused-ring (bicyclic) bond motifs is 1. The van der Waals surface area contributed by atoms with E-state index in [9.17, 15) is 9.90 Å². The summed E-state index contributed by atoms with van der Waals surface area (Å²) in [5.74, 6) is 0.566. The minimum Gasteiger partial charge on any atom is -0.507 e. The van der Waals surface area contributed by atoms with E-state index in [1.807, 2.05) is 36.9 Å². The Morgan fingerprint density at radius 3 is 2.81 bits per heavy atom. The number of carbonyl (C=O) groups excluding carboxylic acids is 1. The number of benzene rings is 1. The fraction of sp³-hybridized carbons (Fsp3) is 0.316. The zero-order chi connectivity index (χ0) is 18.4. The molecule has 1 N–H and O–H groups in total. The van der Waals surface area contributed by atoms with Crippen LogP contribution in [0.2, 0.25) is 5.02 Å². The number of rotatable bonds is 3. The SMILES string of the molecule is Cc1cc(Cl)cc(O)c1-c1cc2ccn(CC3CC(=O)N(C)C3)c2nn1. The lowest BCUT2D eigenvalue weighted by molar-refractivity contribution is -0.126. The molecule has 2 aromatic heterocycles. The number of amides is 1. The van der Waals surface area contributed by atoms with Gasteiger partial charge in [0.25, 0.3) is 0 Å². The molecular formula is C19H19ClN4O2. The van der Waals surface area contributed by atoms with Crippen LogP contribution in [0.3, 0.4) is 0 Å². The van der Waals surface area contributed by atoms with E-state index in [1.165, 1.54) is 6.07 Å². The Hall–Kier alpha value is -2.60. The third-order valence-electron chi connectivity index (χ3n) is 4.92. The van der Waals surface area contributed by atoms with Crippen LogP contribution < -0.4 is 0 Å². The van der Waals surface area contributed by atoms with Gasteiger partial charge in [-0.2, -0.15) is 0 Å². The number of carbonyl (C=O) groups is 1. The second-order valence-corrected chi connectivity index (χ2v) is 7.37. The summed E-state index contributed by atoms with van der Waals surface area (Å²) in [6.45, 7) is 3.38. The molecule has 3 heterocycles. The Bertz CT molecular complexity index is 991. The first-order valence-corrected chi connectivity index (χ1v) is 8.86. The normalized spacial score (nSPS) is 17.4. The highest BCUT2D eigenvalue weighted by Gasteiger charge is 2.27. The summed E-state index contributed by atoms with van der Waals surface area (Å²) >= 11 is 5.98. The highest BCUT2D eigenvalue weighted by molar-refractivity contribution is 6.31. The van der Waals surface area contributed by atoms with E-state index in [1.54, 1.807) is 11.0 Å². The summed E-state index contributed by atoms with van der Waals surface area (Å²) in [5, 5.41) is 20.4. The van der Waals surface area contributed by atoms with Gasteiger partial charge in [0.15, 0.2) is 5.65 Å². The number of phenolic OH excluding ortho intramolecular Hbond substituents is 1. The lowest BCUT2D eigenvalue weighted by Gasteiger charge is -2.12. The van der Waals surface area contributed by atoms with Crippen molar-refractivity contribution in [3.05, 3.63) is 41.0 Å². The maximum atomic E-state index is 11.7. The predicted octanol–water partition coefficient (Wildman–Crippen LogP) is 3.24. The van der Waals surface area contributed by atoms with Crippen molar-refractivity contribution in [2.75, 3.05) is 13.6 Å². The topological polar surface area (TPSA) is 71.2 Å². The smallest absolute Gasteiger partial charge is 0.222 e. The summed E-state index contributed by atoms with van der Waals surface area (Å²) < 4.78 is 2.04. The monoisotopic (exact) mass is 370 g/mol. The average Bonchev–Trinajstić information content (AvgIpc) is 3.10. The highest BCUT2D eigenvalue weighted by Crippen LogP contribution is 2.34. The van der Waals surface area contributed by atoms with Gasteiger partial charge in [0.05, 0.1) is 5.69 Å². The number of aryl methyl sites for hydroxylation is 1. The van der Waals surface area contributed by atoms with Gasteiger partial charge in [0.1, 0.15) is 5.75 Å². The summed E-state index contributed by atoms with van der Waals surface area (Å²) in [4.78, 5) is 13.5. The lowest BCUT2D eigenvalue weighted by atomic mass is 10.0. The van der Waals surface area contributed by atoms with Crippen LogP contribution in [0.4, 0.5) is 0 Å². The van der Waals surface area contributed by atoms with Crippen LogP contribution in [0.15, 0.2) is 30.5 Å². The van der Waals surface area contributed by atoms with Gasteiger partial charge < -0.3 is 14.6 Å². The predicted molar refractivity (Wildman–Crippen MR) is 100 cm³/mol. The molecule has 1 atom stereocenters. The van der Waals surface area contributed by atoms with Gasteiger partial charge in [-0.25, -0.2) is 0 Å². The molecule has 1 amide bonds. The molecule has 0 aliphatic carbocycles. The van der Waals surface area contributed by atoms with Crippen LogP contribution >= 0.6 is 11.6 Å². The van der Waals surface area contributed by atoms with Crippen LogP contribution in [-0.2, 0) is 11.3 Å². The zero-order valence-corrected chi connectivity index (χ0v) is 15.4. The van der Waals surface area contributed by atoms with Gasteiger partial charge >= 0.3 is 0 Å². The number of phenols is 1. The first-order chi connectivity index (χ1) is 12.4. The molecule has 1 aliphatic heterocycles. The molecule has 7 heteroatoms. The number of likely N-dealkylation sites (tertiary alicyclic amines) is 1. The number of nitrogens with zero attached hydrogens (tertiary/aromatic N) is 4. The van der Waals surface area contributed by atoms with E-state index in [2.05, 4.69) is 10.2 Å². The van der Waals surface area contributed by atoms with Crippen molar-refractivity contribution in [2.24, 2.45) is 5.92 Å². The number of aromatic nitrogens is 3. The van der Waals surface area contributed by atoms with E-state index in [4.69, 9.17) is 11.6 Å². The minimum absolute atomic E-state index is 0.0931. The molecule has 1 saturated heterocycles. The largest absolute Gasteiger partial charge is 0.507 e. The van der Waals surface area contributed by atoms with Crippen LogP contribution in [-0.4, -0.2) is 44.3 Å². The average molecular weight is 371 g/mol. The van der Waals surface area contributed by atoms with Gasteiger partial charge in [-0.1, -0.05) is 11.6 Å². The third-order valence-corrected chi connectivity index (χ3v) is 5.14. The van der Waals surface area contributed by atoms with Crippen molar-refractivity contribution in [3.63, 3.8) is 0 Å². The Kier molecular flexibility index (Phi) is 4.07. The molecule has 1 unspecified atom stereocenters. The number of hydrogen-bond donors (Lipinski definition) is 1. The Labute approximate surface area is 156 Å². The maximum Gasteiger partial charge on any atom is 0.222 e. The van der Waals surface area contributed by atoms with Gasteiger partial charge in [0.2, 0.25) is 5.91 Å². The van der Waals surface area contributed by atoms with Crippen molar-refractivity contribution in [1.29, 1.82) is 0 Å². The standard InChI is InChI=1S/C19H19ClN4O2/c1-11-5-14(20)8-16(25)18(11)15-7-13-3-4-24(19(13)22-21-15)10-12-6-17(26)23(2)9-12/h3-5,7-8,12,25H,6,9-10H2,1-2H3. The van der Waals surface area contributed by atoms with E-state index in [0.29, 0.717) is 22.7 Å². The fourth-order valence-electron chi connectivity index (χ4n) is 3.67. The van der Waals surface area contributed by atoms with E-state index in [0.717, 1.165) is 29.7 Å². The molecule has 3 aromatic rings. The second-order valence-electron chi connectivity index (χ2n) is 6.94. The maximum absolute atomic E-state index is 11.7. The fourth-order valence-corrected chi connectivity index (χ4v) is 3.94. The molecular weight excluding hydrogens is 352 g/mol.